The van der Waals surface area contributed by atoms with Crippen molar-refractivity contribution in [1.29, 1.82) is 0 Å². The van der Waals surface area contributed by atoms with Crippen LogP contribution in [0.25, 0.3) is 16.5 Å². The summed E-state index contributed by atoms with van der Waals surface area (Å²) >= 11 is 0. The molecule has 2 aromatic rings. The van der Waals surface area contributed by atoms with E-state index in [4.69, 9.17) is 19.2 Å². The molecule has 2 aliphatic heterocycles. The molecule has 2 N–H and O–H groups in total. The number of amides is 1. The quantitative estimate of drug-likeness (QED) is 0.492. The van der Waals surface area contributed by atoms with Crippen LogP contribution in [0.5, 0.6) is 11.5 Å². The van der Waals surface area contributed by atoms with Crippen LogP contribution >= 0.6 is 0 Å². The van der Waals surface area contributed by atoms with Gasteiger partial charge in [0.05, 0.1) is 17.8 Å². The lowest BCUT2D eigenvalue weighted by Crippen LogP contribution is -2.36. The largest absolute Gasteiger partial charge is 0.471 e. The summed E-state index contributed by atoms with van der Waals surface area (Å²) in [5, 5.41) is 13.4. The number of fused-ring (bicyclic) bond motifs is 3. The Kier molecular flexibility index (Phi) is 8.08. The molecule has 0 saturated heterocycles. The fourth-order valence-electron chi connectivity index (χ4n) is 5.69. The van der Waals surface area contributed by atoms with Crippen molar-refractivity contribution in [2.24, 2.45) is 11.8 Å². The number of carbonyl (C=O) groups excluding carboxylic acids is 3. The molecule has 1 amide bonds. The first-order valence-electron chi connectivity index (χ1n) is 13.9. The summed E-state index contributed by atoms with van der Waals surface area (Å²) in [6.07, 6.45) is -4.39. The summed E-state index contributed by atoms with van der Waals surface area (Å²) in [6, 6.07) is 3.48. The number of hydrogen-bond acceptors (Lipinski definition) is 8. The number of aromatic nitrogens is 1. The number of ketones is 1. The first kappa shape index (κ1) is 30.3. The molecule has 0 fully saturated rings. The number of aryl methyl sites for hydroxylation is 1. The molecule has 1 aromatic heterocycles. The van der Waals surface area contributed by atoms with E-state index in [0.29, 0.717) is 45.7 Å². The maximum atomic E-state index is 13.7. The molecule has 0 saturated carbocycles. The van der Waals surface area contributed by atoms with Gasteiger partial charge in [0, 0.05) is 35.1 Å². The molecule has 1 aromatic carbocycles. The third-order valence-electron chi connectivity index (χ3n) is 8.22. The maximum Gasteiger partial charge on any atom is 0.471 e. The van der Waals surface area contributed by atoms with E-state index in [1.54, 1.807) is 32.1 Å². The SMILES string of the molecule is C=C(CCc1c2c(nc3cc4c(cc13)OCO4)/C(C)=C/C1=C(CCOC(=O)C1O)C(=O)C(C)C(C)C2)NC(=O)C(F)(F)F. The van der Waals surface area contributed by atoms with Crippen molar-refractivity contribution in [2.75, 3.05) is 13.4 Å². The minimum Gasteiger partial charge on any atom is -0.463 e. The Bertz CT molecular complexity index is 1610. The highest BCUT2D eigenvalue weighted by atomic mass is 19.4. The van der Waals surface area contributed by atoms with Crippen LogP contribution in [0.15, 0.2) is 41.6 Å². The topological polar surface area (TPSA) is 124 Å². The number of aliphatic hydroxyl groups excluding tert-OH is 1. The highest BCUT2D eigenvalue weighted by Crippen LogP contribution is 2.41. The molecule has 9 nitrogen and oxygen atoms in total. The van der Waals surface area contributed by atoms with Gasteiger partial charge < -0.3 is 24.6 Å². The van der Waals surface area contributed by atoms with Gasteiger partial charge >= 0.3 is 18.1 Å². The number of allylic oxidation sites excluding steroid dienone is 2. The van der Waals surface area contributed by atoms with Crippen molar-refractivity contribution in [3.63, 3.8) is 0 Å². The standard InChI is InChI=1S/C31H31F3N2O7/c1-14-9-21-18(6-5-16(3)35-30(40)31(32,33)34)20-11-24-25(43-13-42-24)12-23(20)36-26(21)15(2)10-22-19(27(37)17(14)4)7-8-41-29(39)28(22)38/h10-12,14,17,28,38H,3,5-9,13H2,1-2,4H3,(H,35,40)/b15-10+. The molecule has 228 valence electrons. The Hall–Kier alpha value is -4.19. The number of halogens is 3. The number of hydrogen-bond donors (Lipinski definition) is 2. The number of pyridine rings is 1. The summed E-state index contributed by atoms with van der Waals surface area (Å²) in [5.74, 6) is -2.93. The van der Waals surface area contributed by atoms with Crippen molar-refractivity contribution in [3.05, 3.63) is 58.5 Å². The van der Waals surface area contributed by atoms with Crippen molar-refractivity contribution in [3.8, 4) is 11.5 Å². The van der Waals surface area contributed by atoms with Gasteiger partial charge in [-0.05, 0) is 60.4 Å². The Morgan fingerprint density at radius 2 is 1.86 bits per heavy atom. The van der Waals surface area contributed by atoms with E-state index < -0.39 is 30.1 Å². The molecule has 3 unspecified atom stereocenters. The predicted octanol–water partition coefficient (Wildman–Crippen LogP) is 4.49. The van der Waals surface area contributed by atoms with Crippen LogP contribution < -0.4 is 14.8 Å². The maximum absolute atomic E-state index is 13.7. The highest BCUT2D eigenvalue weighted by Gasteiger charge is 2.39. The average molecular weight is 601 g/mol. The summed E-state index contributed by atoms with van der Waals surface area (Å²) in [4.78, 5) is 42.6. The number of benzene rings is 1. The third kappa shape index (κ3) is 5.88. The smallest absolute Gasteiger partial charge is 0.463 e. The van der Waals surface area contributed by atoms with Gasteiger partial charge in [-0.15, -0.1) is 0 Å². The first-order chi connectivity index (χ1) is 20.3. The number of cyclic esters (lactones) is 1. The number of rotatable bonds is 4. The average Bonchev–Trinajstić information content (AvgIpc) is 3.36. The minimum absolute atomic E-state index is 0.00665. The molecule has 1 aliphatic carbocycles. The Morgan fingerprint density at radius 3 is 2.56 bits per heavy atom. The predicted molar refractivity (Wildman–Crippen MR) is 149 cm³/mol. The van der Waals surface area contributed by atoms with E-state index >= 15 is 0 Å². The zero-order valence-corrected chi connectivity index (χ0v) is 23.9. The van der Waals surface area contributed by atoms with Crippen LogP contribution in [0.2, 0.25) is 0 Å². The summed E-state index contributed by atoms with van der Waals surface area (Å²) in [6.45, 7) is 9.07. The lowest BCUT2D eigenvalue weighted by Gasteiger charge is -2.26. The molecule has 43 heavy (non-hydrogen) atoms. The molecule has 0 spiro atoms. The number of aliphatic hydroxyl groups is 1. The monoisotopic (exact) mass is 600 g/mol. The van der Waals surface area contributed by atoms with E-state index in [9.17, 15) is 32.7 Å². The molecule has 3 aliphatic rings. The normalized spacial score (nSPS) is 23.5. The highest BCUT2D eigenvalue weighted by molar-refractivity contribution is 6.01. The van der Waals surface area contributed by atoms with E-state index in [2.05, 4.69) is 6.58 Å². The van der Waals surface area contributed by atoms with Crippen LogP contribution in [-0.2, 0) is 32.0 Å². The second kappa shape index (κ2) is 11.5. The zero-order chi connectivity index (χ0) is 31.2. The minimum atomic E-state index is -5.06. The third-order valence-corrected chi connectivity index (χ3v) is 8.22. The van der Waals surface area contributed by atoms with Crippen LogP contribution in [0.4, 0.5) is 13.2 Å². The summed E-state index contributed by atoms with van der Waals surface area (Å²) in [5.41, 5.74) is 3.50. The van der Waals surface area contributed by atoms with Gasteiger partial charge in [0.25, 0.3) is 0 Å². The molecular weight excluding hydrogens is 569 g/mol. The van der Waals surface area contributed by atoms with Crippen LogP contribution in [-0.4, -0.2) is 53.4 Å². The molecule has 0 bridgehead atoms. The van der Waals surface area contributed by atoms with Gasteiger partial charge in [-0.3, -0.25) is 9.59 Å². The van der Waals surface area contributed by atoms with E-state index in [1.165, 1.54) is 0 Å². The Balaban J connectivity index is 1.69. The van der Waals surface area contributed by atoms with Crippen LogP contribution in [0.1, 0.15) is 50.4 Å². The van der Waals surface area contributed by atoms with Gasteiger partial charge in [-0.2, -0.15) is 13.2 Å². The zero-order valence-electron chi connectivity index (χ0n) is 23.9. The lowest BCUT2D eigenvalue weighted by molar-refractivity contribution is -0.172. The number of Topliss-reactive ketones (excluding diaryl/α,β-unsaturated/α-hetero) is 1. The number of carbonyl (C=O) groups is 3. The molecule has 12 heteroatoms. The van der Waals surface area contributed by atoms with Gasteiger partial charge in [-0.1, -0.05) is 26.5 Å². The van der Waals surface area contributed by atoms with Gasteiger partial charge in [0.2, 0.25) is 6.79 Å². The molecule has 5 rings (SSSR count). The summed E-state index contributed by atoms with van der Waals surface area (Å²) in [7, 11) is 0. The number of ether oxygens (including phenoxy) is 3. The second-order valence-electron chi connectivity index (χ2n) is 11.1. The fourth-order valence-corrected chi connectivity index (χ4v) is 5.69. The Morgan fingerprint density at radius 1 is 1.16 bits per heavy atom. The van der Waals surface area contributed by atoms with Gasteiger partial charge in [0.15, 0.2) is 23.4 Å². The molecule has 3 heterocycles. The number of nitrogens with one attached hydrogen (secondary N) is 1. The van der Waals surface area contributed by atoms with Crippen molar-refractivity contribution < 1.29 is 46.9 Å². The number of nitrogens with zero attached hydrogens (tertiary/aromatic N) is 1. The number of esters is 1. The van der Waals surface area contributed by atoms with E-state index in [0.717, 1.165) is 11.1 Å². The van der Waals surface area contributed by atoms with Gasteiger partial charge in [0.1, 0.15) is 0 Å². The second-order valence-corrected chi connectivity index (χ2v) is 11.1. The van der Waals surface area contributed by atoms with Crippen molar-refractivity contribution in [1.82, 2.24) is 10.3 Å². The first-order valence-corrected chi connectivity index (χ1v) is 13.9. The lowest BCUT2D eigenvalue weighted by atomic mass is 9.78. The molecule has 3 atom stereocenters. The Labute approximate surface area is 245 Å². The fraction of sp³-hybridized carbons (Fsp3) is 0.419. The number of alkyl halides is 3. The van der Waals surface area contributed by atoms with Crippen molar-refractivity contribution in [2.45, 2.75) is 58.7 Å². The van der Waals surface area contributed by atoms with Crippen LogP contribution in [0.3, 0.4) is 0 Å². The molecule has 0 radical (unpaired) electrons. The van der Waals surface area contributed by atoms with E-state index in [-0.39, 0.29) is 55.6 Å². The van der Waals surface area contributed by atoms with E-state index in [1.807, 2.05) is 12.2 Å². The van der Waals surface area contributed by atoms with Crippen molar-refractivity contribution >= 4 is 34.1 Å². The summed E-state index contributed by atoms with van der Waals surface area (Å²) < 4.78 is 54.9. The molecular formula is C31H31F3N2O7. The van der Waals surface area contributed by atoms with Gasteiger partial charge in [-0.25, -0.2) is 9.78 Å². The van der Waals surface area contributed by atoms with Crippen LogP contribution in [0, 0.1) is 11.8 Å².